The lowest BCUT2D eigenvalue weighted by molar-refractivity contribution is -0.127. The zero-order chi connectivity index (χ0) is 26.5. The topological polar surface area (TPSA) is 84.9 Å². The zero-order valence-corrected chi connectivity index (χ0v) is 22.3. The number of methoxy groups -OCH3 is 1. The van der Waals surface area contributed by atoms with Crippen LogP contribution in [0.3, 0.4) is 0 Å². The highest BCUT2D eigenvalue weighted by molar-refractivity contribution is 9.10. The molecule has 7 nitrogen and oxygen atoms in total. The molecular formula is C27H22BrFN2O5S. The van der Waals surface area contributed by atoms with Crippen LogP contribution in [-0.2, 0) is 16.2 Å². The molecule has 37 heavy (non-hydrogen) atoms. The highest BCUT2D eigenvalue weighted by Crippen LogP contribution is 2.39. The Morgan fingerprint density at radius 2 is 1.92 bits per heavy atom. The lowest BCUT2D eigenvalue weighted by Crippen LogP contribution is -2.36. The molecule has 3 amide bonds. The number of nitrogens with one attached hydrogen (secondary N) is 1. The lowest BCUT2D eigenvalue weighted by atomic mass is 10.1. The maximum Gasteiger partial charge on any atom is 0.294 e. The second kappa shape index (κ2) is 11.6. The fraction of sp³-hybridized carbons (Fsp3) is 0.148. The van der Waals surface area contributed by atoms with Gasteiger partial charge < -0.3 is 14.8 Å². The van der Waals surface area contributed by atoms with E-state index in [9.17, 15) is 18.8 Å². The smallest absolute Gasteiger partial charge is 0.294 e. The van der Waals surface area contributed by atoms with Crippen molar-refractivity contribution in [2.24, 2.45) is 0 Å². The first-order chi connectivity index (χ1) is 17.7. The monoisotopic (exact) mass is 584 g/mol. The fourth-order valence-corrected chi connectivity index (χ4v) is 5.01. The number of ether oxygens (including phenoxy) is 2. The molecule has 10 heteroatoms. The van der Waals surface area contributed by atoms with Gasteiger partial charge in [0.05, 0.1) is 16.5 Å². The quantitative estimate of drug-likeness (QED) is 0.319. The Morgan fingerprint density at radius 1 is 1.14 bits per heavy atom. The number of hydrogen-bond acceptors (Lipinski definition) is 6. The van der Waals surface area contributed by atoms with Gasteiger partial charge in [-0.1, -0.05) is 24.3 Å². The molecule has 0 saturated carbocycles. The summed E-state index contributed by atoms with van der Waals surface area (Å²) in [4.78, 5) is 38.9. The van der Waals surface area contributed by atoms with Crippen molar-refractivity contribution in [3.63, 3.8) is 0 Å². The van der Waals surface area contributed by atoms with Crippen molar-refractivity contribution >= 4 is 56.5 Å². The van der Waals surface area contributed by atoms with Gasteiger partial charge in [0.25, 0.3) is 11.1 Å². The minimum absolute atomic E-state index is 0.121. The summed E-state index contributed by atoms with van der Waals surface area (Å²) in [5.74, 6) is -0.600. The Balaban J connectivity index is 1.47. The summed E-state index contributed by atoms with van der Waals surface area (Å²) in [6.45, 7) is 1.62. The number of carbonyl (C=O) groups excluding carboxylic acids is 3. The second-order valence-corrected chi connectivity index (χ2v) is 9.99. The molecule has 190 valence electrons. The van der Waals surface area contributed by atoms with Crippen molar-refractivity contribution in [2.45, 2.75) is 13.5 Å². The molecule has 1 fully saturated rings. The normalized spacial score (nSPS) is 14.3. The average Bonchev–Trinajstić information content (AvgIpc) is 3.10. The van der Waals surface area contributed by atoms with E-state index in [1.165, 1.54) is 19.2 Å². The number of halogens is 2. The third-order valence-electron chi connectivity index (χ3n) is 5.30. The summed E-state index contributed by atoms with van der Waals surface area (Å²) in [6.07, 6.45) is 1.55. The van der Waals surface area contributed by atoms with Crippen LogP contribution in [0.15, 0.2) is 70.0 Å². The van der Waals surface area contributed by atoms with Crippen molar-refractivity contribution < 1.29 is 28.2 Å². The summed E-state index contributed by atoms with van der Waals surface area (Å²) in [5.41, 5.74) is 2.79. The van der Waals surface area contributed by atoms with Gasteiger partial charge in [-0.3, -0.25) is 19.3 Å². The van der Waals surface area contributed by atoms with Crippen LogP contribution in [0, 0.1) is 12.7 Å². The maximum atomic E-state index is 13.5. The number of benzene rings is 3. The Labute approximate surface area is 225 Å². The molecule has 0 aromatic heterocycles. The molecule has 0 spiro atoms. The van der Waals surface area contributed by atoms with Crippen LogP contribution in [0.25, 0.3) is 6.08 Å². The fourth-order valence-electron chi connectivity index (χ4n) is 3.60. The first kappa shape index (κ1) is 26.4. The van der Waals surface area contributed by atoms with Gasteiger partial charge in [0, 0.05) is 5.69 Å². The molecule has 0 atom stereocenters. The Bertz CT molecular complexity index is 1410. The molecule has 0 bridgehead atoms. The van der Waals surface area contributed by atoms with Crippen molar-refractivity contribution in [3.8, 4) is 11.5 Å². The summed E-state index contributed by atoms with van der Waals surface area (Å²) in [5, 5.41) is 2.17. The molecule has 1 aliphatic heterocycles. The molecule has 1 saturated heterocycles. The molecule has 1 aliphatic rings. The largest absolute Gasteiger partial charge is 0.493 e. The Kier molecular flexibility index (Phi) is 8.30. The van der Waals surface area contributed by atoms with Gasteiger partial charge in [0.2, 0.25) is 5.91 Å². The van der Waals surface area contributed by atoms with E-state index in [0.29, 0.717) is 32.8 Å². The van der Waals surface area contributed by atoms with E-state index in [2.05, 4.69) is 21.2 Å². The third kappa shape index (κ3) is 6.58. The van der Waals surface area contributed by atoms with Crippen LogP contribution >= 0.6 is 27.7 Å². The SMILES string of the molecule is COc1cc(/C=C2/SC(=O)N(CC(=O)Nc3cccc(C)c3)C2=O)cc(Br)c1OCc1cccc(F)c1. The maximum absolute atomic E-state index is 13.5. The first-order valence-electron chi connectivity index (χ1n) is 11.1. The molecule has 0 unspecified atom stereocenters. The summed E-state index contributed by atoms with van der Waals surface area (Å²) in [6, 6.07) is 16.7. The molecule has 3 aromatic carbocycles. The van der Waals surface area contributed by atoms with E-state index in [1.807, 2.05) is 13.0 Å². The van der Waals surface area contributed by atoms with Gasteiger partial charge in [0.15, 0.2) is 11.5 Å². The number of rotatable bonds is 8. The number of amides is 3. The number of nitrogens with zero attached hydrogens (tertiary/aromatic N) is 1. The standard InChI is InChI=1S/C27H22BrFN2O5S/c1-16-5-3-8-20(9-16)30-24(32)14-31-26(33)23(37-27(31)34)13-18-11-21(28)25(22(12-18)35-2)36-15-17-6-4-7-19(29)10-17/h3-13H,14-15H2,1-2H3,(H,30,32)/b23-13+. The van der Waals surface area contributed by atoms with Crippen molar-refractivity contribution in [2.75, 3.05) is 19.0 Å². The van der Waals surface area contributed by atoms with Gasteiger partial charge in [0.1, 0.15) is 19.0 Å². The van der Waals surface area contributed by atoms with E-state index in [-0.39, 0.29) is 17.3 Å². The van der Waals surface area contributed by atoms with Gasteiger partial charge in [-0.25, -0.2) is 4.39 Å². The average molecular weight is 585 g/mol. The molecule has 0 radical (unpaired) electrons. The van der Waals surface area contributed by atoms with E-state index in [4.69, 9.17) is 9.47 Å². The van der Waals surface area contributed by atoms with Gasteiger partial charge in [-0.05, 0) is 93.8 Å². The van der Waals surface area contributed by atoms with Crippen LogP contribution < -0.4 is 14.8 Å². The first-order valence-corrected chi connectivity index (χ1v) is 12.7. The molecule has 0 aliphatic carbocycles. The molecule has 4 rings (SSSR count). The van der Waals surface area contributed by atoms with E-state index < -0.39 is 23.6 Å². The Hall–Kier alpha value is -3.63. The van der Waals surface area contributed by atoms with Crippen molar-refractivity contribution in [3.05, 3.63) is 92.5 Å². The number of thioether (sulfide) groups is 1. The van der Waals surface area contributed by atoms with Gasteiger partial charge in [-0.2, -0.15) is 0 Å². The summed E-state index contributed by atoms with van der Waals surface area (Å²) >= 11 is 4.21. The van der Waals surface area contributed by atoms with E-state index >= 15 is 0 Å². The molecule has 1 heterocycles. The second-order valence-electron chi connectivity index (χ2n) is 8.14. The third-order valence-corrected chi connectivity index (χ3v) is 6.80. The molecule has 3 aromatic rings. The number of imide groups is 1. The molecular weight excluding hydrogens is 563 g/mol. The van der Waals surface area contributed by atoms with Crippen molar-refractivity contribution in [1.29, 1.82) is 0 Å². The predicted octanol–water partition coefficient (Wildman–Crippen LogP) is 6.16. The van der Waals surface area contributed by atoms with Crippen LogP contribution in [0.2, 0.25) is 0 Å². The number of hydrogen-bond donors (Lipinski definition) is 1. The summed E-state index contributed by atoms with van der Waals surface area (Å²) < 4.78 is 25.3. The highest BCUT2D eigenvalue weighted by atomic mass is 79.9. The minimum Gasteiger partial charge on any atom is -0.493 e. The van der Waals surface area contributed by atoms with Crippen LogP contribution in [0.4, 0.5) is 14.9 Å². The number of anilines is 1. The van der Waals surface area contributed by atoms with Crippen molar-refractivity contribution in [1.82, 2.24) is 4.90 Å². The molecule has 1 N–H and O–H groups in total. The van der Waals surface area contributed by atoms with E-state index in [0.717, 1.165) is 22.2 Å². The summed E-state index contributed by atoms with van der Waals surface area (Å²) in [7, 11) is 1.47. The Morgan fingerprint density at radius 3 is 2.65 bits per heavy atom. The lowest BCUT2D eigenvalue weighted by Gasteiger charge is -2.14. The number of carbonyl (C=O) groups is 3. The zero-order valence-electron chi connectivity index (χ0n) is 19.9. The van der Waals surface area contributed by atoms with E-state index in [1.54, 1.807) is 48.5 Å². The predicted molar refractivity (Wildman–Crippen MR) is 144 cm³/mol. The van der Waals surface area contributed by atoms with Gasteiger partial charge in [-0.15, -0.1) is 0 Å². The van der Waals surface area contributed by atoms with Crippen LogP contribution in [0.5, 0.6) is 11.5 Å². The number of aryl methyl sites for hydroxylation is 1. The van der Waals surface area contributed by atoms with Crippen LogP contribution in [-0.4, -0.2) is 35.6 Å². The van der Waals surface area contributed by atoms with Crippen LogP contribution in [0.1, 0.15) is 16.7 Å². The highest BCUT2D eigenvalue weighted by Gasteiger charge is 2.36. The minimum atomic E-state index is -0.559. The van der Waals surface area contributed by atoms with Gasteiger partial charge >= 0.3 is 0 Å².